The van der Waals surface area contributed by atoms with E-state index in [0.29, 0.717) is 29.9 Å². The summed E-state index contributed by atoms with van der Waals surface area (Å²) in [6.07, 6.45) is -4.15. The van der Waals surface area contributed by atoms with Gasteiger partial charge in [0, 0.05) is 35.7 Å². The van der Waals surface area contributed by atoms with Crippen LogP contribution in [0.5, 0.6) is 0 Å². The van der Waals surface area contributed by atoms with Gasteiger partial charge in [-0.15, -0.1) is 0 Å². The number of hydrogen-bond donors (Lipinski definition) is 2. The highest BCUT2D eigenvalue weighted by atomic mass is 19.4. The third kappa shape index (κ3) is 2.68. The minimum absolute atomic E-state index is 0.291. The van der Waals surface area contributed by atoms with E-state index in [4.69, 9.17) is 0 Å². The summed E-state index contributed by atoms with van der Waals surface area (Å²) in [5, 5.41) is 6.10. The second-order valence-corrected chi connectivity index (χ2v) is 6.72. The summed E-state index contributed by atoms with van der Waals surface area (Å²) in [6.45, 7) is 3.94. The number of hydrogen-bond acceptors (Lipinski definition) is 2. The molecule has 0 bridgehead atoms. The zero-order valence-electron chi connectivity index (χ0n) is 14.5. The Morgan fingerprint density at radius 3 is 2.74 bits per heavy atom. The summed E-state index contributed by atoms with van der Waals surface area (Å²) in [5.41, 5.74) is 1.53. The Morgan fingerprint density at radius 2 is 2.07 bits per heavy atom. The van der Waals surface area contributed by atoms with Crippen molar-refractivity contribution < 1.29 is 22.4 Å². The van der Waals surface area contributed by atoms with Crippen LogP contribution in [0.3, 0.4) is 0 Å². The summed E-state index contributed by atoms with van der Waals surface area (Å²) in [7, 11) is 0. The van der Waals surface area contributed by atoms with Gasteiger partial charge in [-0.1, -0.05) is 6.07 Å². The summed E-state index contributed by atoms with van der Waals surface area (Å²) >= 11 is 0. The molecule has 1 aliphatic rings. The first-order valence-electron chi connectivity index (χ1n) is 8.41. The first-order valence-corrected chi connectivity index (χ1v) is 8.41. The number of carbonyl (C=O) groups excluding carboxylic acids is 1. The molecule has 0 aliphatic carbocycles. The van der Waals surface area contributed by atoms with Crippen molar-refractivity contribution in [2.24, 2.45) is 0 Å². The maximum absolute atomic E-state index is 14.2. The minimum Gasteiger partial charge on any atom is -0.356 e. The Hall–Kier alpha value is -2.84. The standard InChI is InChI=1S/C18H16F4N4O/c1-8-3-4-10(19)16-14(8)15-9(2)26(6-5-11(15)23-16)17(27)12-7-13(25-24-12)18(20,21)22/h3-4,7,9,23H,5-6H2,1-2H3,(H,24,25)/t9-/m1/s1. The molecule has 0 saturated heterocycles. The lowest BCUT2D eigenvalue weighted by atomic mass is 9.94. The van der Waals surface area contributed by atoms with E-state index < -0.39 is 23.8 Å². The summed E-state index contributed by atoms with van der Waals surface area (Å²) in [4.78, 5) is 17.3. The van der Waals surface area contributed by atoms with Crippen LogP contribution in [0.15, 0.2) is 18.2 Å². The van der Waals surface area contributed by atoms with E-state index in [9.17, 15) is 22.4 Å². The molecule has 4 rings (SSSR count). The summed E-state index contributed by atoms with van der Waals surface area (Å²) < 4.78 is 52.5. The van der Waals surface area contributed by atoms with Gasteiger partial charge in [0.25, 0.3) is 5.91 Å². The number of amides is 1. The third-order valence-corrected chi connectivity index (χ3v) is 5.08. The van der Waals surface area contributed by atoms with Crippen molar-refractivity contribution in [2.45, 2.75) is 32.5 Å². The molecule has 1 amide bonds. The molecule has 1 atom stereocenters. The molecule has 0 spiro atoms. The minimum atomic E-state index is -4.60. The van der Waals surface area contributed by atoms with Gasteiger partial charge in [0.05, 0.1) is 11.6 Å². The number of halogens is 4. The first kappa shape index (κ1) is 17.6. The van der Waals surface area contributed by atoms with Gasteiger partial charge in [0.1, 0.15) is 11.5 Å². The molecule has 5 nitrogen and oxygen atoms in total. The van der Waals surface area contributed by atoms with Crippen LogP contribution in [0, 0.1) is 12.7 Å². The Balaban J connectivity index is 1.73. The van der Waals surface area contributed by atoms with E-state index in [1.165, 1.54) is 11.0 Å². The Labute approximate surface area is 151 Å². The van der Waals surface area contributed by atoms with Crippen LogP contribution in [0.25, 0.3) is 10.9 Å². The van der Waals surface area contributed by atoms with Gasteiger partial charge in [-0.3, -0.25) is 9.89 Å². The van der Waals surface area contributed by atoms with Crippen molar-refractivity contribution in [3.63, 3.8) is 0 Å². The number of aryl methyl sites for hydroxylation is 1. The fourth-order valence-corrected chi connectivity index (χ4v) is 3.76. The van der Waals surface area contributed by atoms with Crippen LogP contribution in [0.1, 0.15) is 46.0 Å². The molecule has 9 heteroatoms. The number of carbonyl (C=O) groups is 1. The number of rotatable bonds is 1. The molecule has 0 unspecified atom stereocenters. The summed E-state index contributed by atoms with van der Waals surface area (Å²) in [5.74, 6) is -0.972. The number of H-pyrrole nitrogens is 2. The highest BCUT2D eigenvalue weighted by molar-refractivity contribution is 5.94. The SMILES string of the molecule is Cc1ccc(F)c2[nH]c3c(c12)[C@@H](C)N(C(=O)c1cc(C(F)(F)F)[nH]n1)CC3. The Kier molecular flexibility index (Phi) is 3.79. The lowest BCUT2D eigenvalue weighted by Crippen LogP contribution is -2.38. The number of aromatic nitrogens is 3. The normalized spacial score (nSPS) is 17.4. The van der Waals surface area contributed by atoms with Crippen LogP contribution in [0.4, 0.5) is 17.6 Å². The molecule has 2 N–H and O–H groups in total. The second kappa shape index (κ2) is 5.83. The van der Waals surface area contributed by atoms with Crippen LogP contribution in [-0.4, -0.2) is 32.5 Å². The summed E-state index contributed by atoms with van der Waals surface area (Å²) in [6, 6.07) is 3.34. The molecule has 27 heavy (non-hydrogen) atoms. The van der Waals surface area contributed by atoms with Gasteiger partial charge < -0.3 is 9.88 Å². The van der Waals surface area contributed by atoms with Crippen LogP contribution >= 0.6 is 0 Å². The number of benzene rings is 1. The molecule has 1 aromatic carbocycles. The van der Waals surface area contributed by atoms with Crippen molar-refractivity contribution in [1.29, 1.82) is 0 Å². The molecule has 142 valence electrons. The van der Waals surface area contributed by atoms with Gasteiger partial charge in [0.15, 0.2) is 5.69 Å². The van der Waals surface area contributed by atoms with Crippen molar-refractivity contribution >= 4 is 16.8 Å². The maximum Gasteiger partial charge on any atom is 0.432 e. The van der Waals surface area contributed by atoms with Crippen molar-refractivity contribution in [3.05, 3.63) is 52.2 Å². The zero-order valence-corrected chi connectivity index (χ0v) is 14.5. The second-order valence-electron chi connectivity index (χ2n) is 6.72. The third-order valence-electron chi connectivity index (χ3n) is 5.08. The van der Waals surface area contributed by atoms with E-state index in [0.717, 1.165) is 16.8 Å². The average molecular weight is 380 g/mol. The topological polar surface area (TPSA) is 64.8 Å². The molecule has 0 radical (unpaired) electrons. The average Bonchev–Trinajstić information content (AvgIpc) is 3.23. The van der Waals surface area contributed by atoms with Crippen LogP contribution < -0.4 is 0 Å². The van der Waals surface area contributed by atoms with Crippen molar-refractivity contribution in [1.82, 2.24) is 20.1 Å². The van der Waals surface area contributed by atoms with Crippen molar-refractivity contribution in [2.75, 3.05) is 6.54 Å². The van der Waals surface area contributed by atoms with Gasteiger partial charge in [-0.25, -0.2) is 4.39 Å². The fraction of sp³-hybridized carbons (Fsp3) is 0.333. The molecule has 0 saturated carbocycles. The Bertz CT molecular complexity index is 1050. The van der Waals surface area contributed by atoms with Crippen LogP contribution in [-0.2, 0) is 12.6 Å². The molecule has 3 heterocycles. The zero-order chi connectivity index (χ0) is 19.5. The highest BCUT2D eigenvalue weighted by Gasteiger charge is 2.36. The molecular weight excluding hydrogens is 364 g/mol. The number of nitrogens with one attached hydrogen (secondary N) is 2. The van der Waals surface area contributed by atoms with E-state index in [-0.39, 0.29) is 11.5 Å². The first-order chi connectivity index (χ1) is 12.7. The maximum atomic E-state index is 14.2. The van der Waals surface area contributed by atoms with Gasteiger partial charge in [-0.2, -0.15) is 18.3 Å². The predicted molar refractivity (Wildman–Crippen MR) is 89.7 cm³/mol. The van der Waals surface area contributed by atoms with Gasteiger partial charge in [0.2, 0.25) is 0 Å². The smallest absolute Gasteiger partial charge is 0.356 e. The lowest BCUT2D eigenvalue weighted by molar-refractivity contribution is -0.141. The molecular formula is C18H16F4N4O. The number of nitrogens with zero attached hydrogens (tertiary/aromatic N) is 2. The van der Waals surface area contributed by atoms with E-state index in [1.54, 1.807) is 13.0 Å². The number of fused-ring (bicyclic) bond motifs is 3. The van der Waals surface area contributed by atoms with Crippen LogP contribution in [0.2, 0.25) is 0 Å². The van der Waals surface area contributed by atoms with E-state index >= 15 is 0 Å². The van der Waals surface area contributed by atoms with E-state index in [2.05, 4.69) is 10.1 Å². The number of aromatic amines is 2. The van der Waals surface area contributed by atoms with E-state index in [1.807, 2.05) is 12.0 Å². The highest BCUT2D eigenvalue weighted by Crippen LogP contribution is 2.38. The van der Waals surface area contributed by atoms with Gasteiger partial charge >= 0.3 is 6.18 Å². The number of alkyl halides is 3. The van der Waals surface area contributed by atoms with Gasteiger partial charge in [-0.05, 0) is 25.5 Å². The molecule has 2 aromatic heterocycles. The Morgan fingerprint density at radius 1 is 1.33 bits per heavy atom. The molecule has 1 aliphatic heterocycles. The largest absolute Gasteiger partial charge is 0.432 e. The van der Waals surface area contributed by atoms with Crippen molar-refractivity contribution in [3.8, 4) is 0 Å². The fourth-order valence-electron chi connectivity index (χ4n) is 3.76. The quantitative estimate of drug-likeness (QED) is 0.624. The monoisotopic (exact) mass is 380 g/mol. The lowest BCUT2D eigenvalue weighted by Gasteiger charge is -2.33. The molecule has 3 aromatic rings. The molecule has 0 fully saturated rings. The predicted octanol–water partition coefficient (Wildman–Crippen LogP) is 4.12.